The van der Waals surface area contributed by atoms with Gasteiger partial charge < -0.3 is 10.1 Å². The molecule has 0 saturated heterocycles. The van der Waals surface area contributed by atoms with Gasteiger partial charge in [-0.2, -0.15) is 5.10 Å². The van der Waals surface area contributed by atoms with E-state index in [0.717, 1.165) is 28.1 Å². The first kappa shape index (κ1) is 17.6. The first-order valence-electron chi connectivity index (χ1n) is 8.95. The van der Waals surface area contributed by atoms with Crippen LogP contribution in [0.5, 0.6) is 5.75 Å². The molecule has 138 valence electrons. The van der Waals surface area contributed by atoms with Gasteiger partial charge in [-0.1, -0.05) is 35.9 Å². The van der Waals surface area contributed by atoms with E-state index >= 15 is 0 Å². The van der Waals surface area contributed by atoms with Gasteiger partial charge in [0.15, 0.2) is 0 Å². The third kappa shape index (κ3) is 3.08. The number of rotatable bonds is 4. The van der Waals surface area contributed by atoms with Crippen LogP contribution in [-0.2, 0) is 4.79 Å². The first-order valence-corrected chi connectivity index (χ1v) is 9.33. The van der Waals surface area contributed by atoms with Crippen LogP contribution < -0.4 is 10.1 Å². The molecule has 2 aromatic carbocycles. The van der Waals surface area contributed by atoms with Crippen molar-refractivity contribution in [3.8, 4) is 11.4 Å². The number of fused-ring (bicyclic) bond motifs is 1. The van der Waals surface area contributed by atoms with Crippen molar-refractivity contribution in [2.75, 3.05) is 11.9 Å². The minimum atomic E-state index is -0.107. The summed E-state index contributed by atoms with van der Waals surface area (Å²) in [6.45, 7) is 4.47. The Labute approximate surface area is 162 Å². The average molecular weight is 382 g/mol. The van der Waals surface area contributed by atoms with Crippen LogP contribution in [-0.4, -0.2) is 22.3 Å². The zero-order valence-electron chi connectivity index (χ0n) is 15.2. The number of carbonyl (C=O) groups is 1. The van der Waals surface area contributed by atoms with Crippen molar-refractivity contribution in [1.29, 1.82) is 0 Å². The zero-order chi connectivity index (χ0) is 19.0. The molecule has 6 heteroatoms. The molecule has 1 aliphatic heterocycles. The third-order valence-corrected chi connectivity index (χ3v) is 5.29. The van der Waals surface area contributed by atoms with Crippen molar-refractivity contribution in [3.63, 3.8) is 0 Å². The van der Waals surface area contributed by atoms with Crippen LogP contribution in [0.15, 0.2) is 48.7 Å². The van der Waals surface area contributed by atoms with Gasteiger partial charge in [0, 0.05) is 28.5 Å². The second kappa shape index (κ2) is 7.08. The quantitative estimate of drug-likeness (QED) is 0.712. The highest BCUT2D eigenvalue weighted by Gasteiger charge is 2.32. The first-order chi connectivity index (χ1) is 13.1. The third-order valence-electron chi connectivity index (χ3n) is 4.88. The van der Waals surface area contributed by atoms with Crippen molar-refractivity contribution in [1.82, 2.24) is 9.78 Å². The maximum atomic E-state index is 12.5. The molecule has 1 atom stereocenters. The summed E-state index contributed by atoms with van der Waals surface area (Å²) in [5, 5.41) is 8.20. The van der Waals surface area contributed by atoms with Gasteiger partial charge in [0.2, 0.25) is 5.91 Å². The Morgan fingerprint density at radius 3 is 2.85 bits per heavy atom. The van der Waals surface area contributed by atoms with Gasteiger partial charge in [-0.05, 0) is 37.6 Å². The van der Waals surface area contributed by atoms with E-state index in [-0.39, 0.29) is 11.8 Å². The number of benzene rings is 2. The molecule has 5 nitrogen and oxygen atoms in total. The number of amides is 1. The fourth-order valence-corrected chi connectivity index (χ4v) is 3.73. The number of nitrogens with zero attached hydrogens (tertiary/aromatic N) is 2. The highest BCUT2D eigenvalue weighted by Crippen LogP contribution is 2.41. The molecule has 0 saturated carbocycles. The largest absolute Gasteiger partial charge is 0.494 e. The maximum Gasteiger partial charge on any atom is 0.226 e. The topological polar surface area (TPSA) is 56.1 Å². The lowest BCUT2D eigenvalue weighted by molar-refractivity contribution is -0.116. The SMILES string of the molecule is CCOc1ccccc1[C@@H]1CC(=O)Nc2c1cnn2-c1cccc(Cl)c1C. The highest BCUT2D eigenvalue weighted by atomic mass is 35.5. The van der Waals surface area contributed by atoms with Gasteiger partial charge in [-0.15, -0.1) is 0 Å². The van der Waals surface area contributed by atoms with E-state index in [2.05, 4.69) is 10.4 Å². The van der Waals surface area contributed by atoms with Gasteiger partial charge in [-0.25, -0.2) is 4.68 Å². The molecule has 1 amide bonds. The lowest BCUT2D eigenvalue weighted by Crippen LogP contribution is -2.25. The molecule has 0 bridgehead atoms. The molecular formula is C21H20ClN3O2. The van der Waals surface area contributed by atoms with Gasteiger partial charge in [0.05, 0.1) is 18.5 Å². The van der Waals surface area contributed by atoms with E-state index in [0.29, 0.717) is 23.9 Å². The lowest BCUT2D eigenvalue weighted by atomic mass is 9.87. The number of carbonyl (C=O) groups excluding carboxylic acids is 1. The Morgan fingerprint density at radius 1 is 1.22 bits per heavy atom. The van der Waals surface area contributed by atoms with Crippen LogP contribution in [0.1, 0.15) is 36.0 Å². The van der Waals surface area contributed by atoms with Crippen LogP contribution >= 0.6 is 11.6 Å². The summed E-state index contributed by atoms with van der Waals surface area (Å²) < 4.78 is 7.54. The Bertz CT molecular complexity index is 1010. The minimum absolute atomic E-state index is 0.0415. The summed E-state index contributed by atoms with van der Waals surface area (Å²) in [5.74, 6) is 1.34. The summed E-state index contributed by atoms with van der Waals surface area (Å²) >= 11 is 6.28. The normalized spacial score (nSPS) is 16.0. The van der Waals surface area contributed by atoms with Crippen molar-refractivity contribution in [3.05, 3.63) is 70.4 Å². The van der Waals surface area contributed by atoms with Crippen LogP contribution in [0, 0.1) is 6.92 Å². The Balaban J connectivity index is 1.85. The predicted octanol–water partition coefficient (Wildman–Crippen LogP) is 4.71. The van der Waals surface area contributed by atoms with Crippen LogP contribution in [0.4, 0.5) is 5.82 Å². The monoisotopic (exact) mass is 381 g/mol. The molecule has 0 spiro atoms. The standard InChI is InChI=1S/C21H20ClN3O2/c1-3-27-19-10-5-4-7-14(19)15-11-20(26)24-21-16(15)12-23-25(21)18-9-6-8-17(22)13(18)2/h4-10,12,15H,3,11H2,1-2H3,(H,24,26)/t15-/m0/s1. The Hall–Kier alpha value is -2.79. The molecule has 1 aliphatic rings. The van der Waals surface area contributed by atoms with Crippen molar-refractivity contribution in [2.24, 2.45) is 0 Å². The van der Waals surface area contributed by atoms with Gasteiger partial charge in [0.1, 0.15) is 11.6 Å². The summed E-state index contributed by atoms with van der Waals surface area (Å²) in [5.41, 5.74) is 3.73. The van der Waals surface area contributed by atoms with E-state index in [4.69, 9.17) is 16.3 Å². The summed E-state index contributed by atoms with van der Waals surface area (Å²) in [6.07, 6.45) is 2.18. The molecule has 1 N–H and O–H groups in total. The lowest BCUT2D eigenvalue weighted by Gasteiger charge is -2.25. The highest BCUT2D eigenvalue weighted by molar-refractivity contribution is 6.31. The number of nitrogens with one attached hydrogen (secondary N) is 1. The van der Waals surface area contributed by atoms with Crippen molar-refractivity contribution >= 4 is 23.3 Å². The molecule has 27 heavy (non-hydrogen) atoms. The number of anilines is 1. The second-order valence-corrected chi connectivity index (χ2v) is 6.93. The Kier molecular flexibility index (Phi) is 4.62. The summed E-state index contributed by atoms with van der Waals surface area (Å²) in [4.78, 5) is 12.5. The van der Waals surface area contributed by atoms with E-state index in [1.54, 1.807) is 4.68 Å². The van der Waals surface area contributed by atoms with Crippen molar-refractivity contribution in [2.45, 2.75) is 26.2 Å². The van der Waals surface area contributed by atoms with Gasteiger partial charge in [-0.3, -0.25) is 4.79 Å². The number of aromatic nitrogens is 2. The fraction of sp³-hybridized carbons (Fsp3) is 0.238. The zero-order valence-corrected chi connectivity index (χ0v) is 16.0. The van der Waals surface area contributed by atoms with Gasteiger partial charge in [0.25, 0.3) is 0 Å². The second-order valence-electron chi connectivity index (χ2n) is 6.52. The molecule has 4 rings (SSSR count). The molecule has 0 unspecified atom stereocenters. The smallest absolute Gasteiger partial charge is 0.226 e. The fourth-order valence-electron chi connectivity index (χ4n) is 3.56. The van der Waals surface area contributed by atoms with E-state index < -0.39 is 0 Å². The molecule has 1 aromatic heterocycles. The number of hydrogen-bond acceptors (Lipinski definition) is 3. The number of ether oxygens (including phenoxy) is 1. The number of halogens is 1. The molecule has 0 radical (unpaired) electrons. The maximum absolute atomic E-state index is 12.5. The molecular weight excluding hydrogens is 362 g/mol. The van der Waals surface area contributed by atoms with Crippen molar-refractivity contribution < 1.29 is 9.53 Å². The predicted molar refractivity (Wildman–Crippen MR) is 106 cm³/mol. The Morgan fingerprint density at radius 2 is 2.04 bits per heavy atom. The van der Waals surface area contributed by atoms with E-state index in [9.17, 15) is 4.79 Å². The van der Waals surface area contributed by atoms with E-state index in [1.807, 2.05) is 62.5 Å². The number of hydrogen-bond donors (Lipinski definition) is 1. The van der Waals surface area contributed by atoms with Crippen LogP contribution in [0.2, 0.25) is 5.02 Å². The molecule has 2 heterocycles. The van der Waals surface area contributed by atoms with Gasteiger partial charge >= 0.3 is 0 Å². The van der Waals surface area contributed by atoms with Crippen LogP contribution in [0.25, 0.3) is 5.69 Å². The summed E-state index contributed by atoms with van der Waals surface area (Å²) in [7, 11) is 0. The average Bonchev–Trinajstić information content (AvgIpc) is 3.08. The molecule has 0 fully saturated rings. The number of para-hydroxylation sites is 1. The van der Waals surface area contributed by atoms with Crippen LogP contribution in [0.3, 0.4) is 0 Å². The molecule has 0 aliphatic carbocycles. The minimum Gasteiger partial charge on any atom is -0.494 e. The van der Waals surface area contributed by atoms with E-state index in [1.165, 1.54) is 0 Å². The molecule has 3 aromatic rings. The summed E-state index contributed by atoms with van der Waals surface area (Å²) in [6, 6.07) is 13.5.